The summed E-state index contributed by atoms with van der Waals surface area (Å²) in [6.45, 7) is 18.1. The molecule has 33 heavy (non-hydrogen) atoms. The summed E-state index contributed by atoms with van der Waals surface area (Å²) in [5, 5.41) is 10.8. The summed E-state index contributed by atoms with van der Waals surface area (Å²) >= 11 is 0. The van der Waals surface area contributed by atoms with Gasteiger partial charge in [-0.05, 0) is 60.2 Å². The van der Waals surface area contributed by atoms with Crippen LogP contribution in [-0.4, -0.2) is 22.8 Å². The molecule has 0 aromatic carbocycles. The van der Waals surface area contributed by atoms with E-state index in [4.69, 9.17) is 0 Å². The predicted octanol–water partition coefficient (Wildman–Crippen LogP) is 6.92. The highest BCUT2D eigenvalue weighted by Crippen LogP contribution is 2.71. The molecule has 0 spiro atoms. The quantitative estimate of drug-likeness (QED) is 0.488. The molecule has 4 aliphatic rings. The summed E-state index contributed by atoms with van der Waals surface area (Å²) in [6, 6.07) is 0. The maximum Gasteiger partial charge on any atom is 0.160 e. The lowest BCUT2D eigenvalue weighted by Crippen LogP contribution is -2.59. The summed E-state index contributed by atoms with van der Waals surface area (Å²) in [6.07, 6.45) is 8.04. The molecule has 0 bridgehead atoms. The zero-order chi connectivity index (χ0) is 24.6. The van der Waals surface area contributed by atoms with Crippen molar-refractivity contribution in [3.8, 4) is 0 Å². The van der Waals surface area contributed by atoms with Gasteiger partial charge >= 0.3 is 0 Å². The van der Waals surface area contributed by atoms with Gasteiger partial charge in [-0.3, -0.25) is 9.59 Å². The van der Waals surface area contributed by atoms with Gasteiger partial charge in [0.05, 0.1) is 6.10 Å². The third-order valence-corrected chi connectivity index (χ3v) is 11.5. The normalized spacial score (nSPS) is 43.4. The van der Waals surface area contributed by atoms with Crippen molar-refractivity contribution >= 4 is 11.6 Å². The molecule has 1 N–H and O–H groups in total. The third-order valence-electron chi connectivity index (χ3n) is 11.5. The fourth-order valence-corrected chi connectivity index (χ4v) is 9.16. The molecule has 3 nitrogen and oxygen atoms in total. The molecule has 0 aromatic heterocycles. The lowest BCUT2D eigenvalue weighted by molar-refractivity contribution is -0.141. The van der Waals surface area contributed by atoms with Crippen LogP contribution >= 0.6 is 0 Å². The molecule has 0 saturated heterocycles. The van der Waals surface area contributed by atoms with Crippen LogP contribution in [0.15, 0.2) is 11.1 Å². The number of hydrogen-bond donors (Lipinski definition) is 1. The molecule has 0 aliphatic heterocycles. The van der Waals surface area contributed by atoms with E-state index in [1.807, 2.05) is 0 Å². The zero-order valence-corrected chi connectivity index (χ0v) is 22.5. The van der Waals surface area contributed by atoms with Crippen LogP contribution in [0.1, 0.15) is 113 Å². The Balaban J connectivity index is 1.74. The van der Waals surface area contributed by atoms with Gasteiger partial charge in [-0.1, -0.05) is 74.7 Å². The largest absolute Gasteiger partial charge is 0.393 e. The van der Waals surface area contributed by atoms with Crippen LogP contribution in [-0.2, 0) is 9.59 Å². The van der Waals surface area contributed by atoms with Crippen LogP contribution in [0, 0.1) is 45.3 Å². The van der Waals surface area contributed by atoms with Crippen molar-refractivity contribution in [3.05, 3.63) is 11.1 Å². The van der Waals surface area contributed by atoms with E-state index in [0.29, 0.717) is 31.1 Å². The van der Waals surface area contributed by atoms with Crippen molar-refractivity contribution in [2.45, 2.75) is 119 Å². The number of carbonyl (C=O) groups excluding carboxylic acids is 2. The van der Waals surface area contributed by atoms with Crippen LogP contribution < -0.4 is 0 Å². The second-order valence-corrected chi connectivity index (χ2v) is 14.0. The molecule has 4 aliphatic carbocycles. The Hall–Kier alpha value is -0.960. The highest BCUT2D eigenvalue weighted by Gasteiger charge is 2.67. The Labute approximate surface area is 202 Å². The number of fused-ring (bicyclic) bond motifs is 4. The van der Waals surface area contributed by atoms with Crippen LogP contribution in [0.4, 0.5) is 0 Å². The van der Waals surface area contributed by atoms with Gasteiger partial charge < -0.3 is 5.11 Å². The summed E-state index contributed by atoms with van der Waals surface area (Å²) in [4.78, 5) is 27.9. The monoisotopic (exact) mass is 456 g/mol. The van der Waals surface area contributed by atoms with E-state index in [-0.39, 0.29) is 39.1 Å². The van der Waals surface area contributed by atoms with Gasteiger partial charge in [0.1, 0.15) is 0 Å². The fourth-order valence-electron chi connectivity index (χ4n) is 9.16. The highest BCUT2D eigenvalue weighted by atomic mass is 16.3. The molecule has 0 radical (unpaired) electrons. The summed E-state index contributed by atoms with van der Waals surface area (Å²) in [5.74, 6) is 2.27. The van der Waals surface area contributed by atoms with Gasteiger partial charge in [0.2, 0.25) is 0 Å². The number of ketones is 2. The van der Waals surface area contributed by atoms with Gasteiger partial charge in [-0.2, -0.15) is 0 Å². The minimum Gasteiger partial charge on any atom is -0.393 e. The van der Waals surface area contributed by atoms with Crippen molar-refractivity contribution in [1.29, 1.82) is 0 Å². The number of aliphatic hydroxyl groups is 1. The Bertz CT molecular complexity index is 866. The second-order valence-electron chi connectivity index (χ2n) is 14.0. The zero-order valence-electron chi connectivity index (χ0n) is 22.5. The average Bonchev–Trinajstić information content (AvgIpc) is 2.97. The van der Waals surface area contributed by atoms with Gasteiger partial charge in [0.25, 0.3) is 0 Å². The van der Waals surface area contributed by atoms with Crippen molar-refractivity contribution in [3.63, 3.8) is 0 Å². The van der Waals surface area contributed by atoms with E-state index in [0.717, 1.165) is 36.3 Å². The molecule has 3 heteroatoms. The Morgan fingerprint density at radius 3 is 2.21 bits per heavy atom. The first kappa shape index (κ1) is 25.1. The molecule has 4 rings (SSSR count). The molecule has 0 amide bonds. The second kappa shape index (κ2) is 8.04. The summed E-state index contributed by atoms with van der Waals surface area (Å²) in [7, 11) is 0. The molecule has 1 unspecified atom stereocenters. The van der Waals surface area contributed by atoms with Crippen LogP contribution in [0.25, 0.3) is 0 Å². The molecular weight excluding hydrogens is 408 g/mol. The lowest BCUT2D eigenvalue weighted by atomic mass is 9.43. The van der Waals surface area contributed by atoms with Crippen molar-refractivity contribution in [2.24, 2.45) is 45.3 Å². The minimum atomic E-state index is -0.410. The standard InChI is InChI=1S/C30H48O3/c1-18(2)10-9-11-19(3)20-12-15-29(7)26-21(31)16-23-27(4,5)24(33)13-14-28(23,6)25(26)22(32)17-30(20,29)8/h18-20,23-24,33H,9-17H2,1-8H3/t19-,20-,23+,24?,28+,29+,30-/m1/s1. The van der Waals surface area contributed by atoms with Crippen molar-refractivity contribution < 1.29 is 14.7 Å². The lowest BCUT2D eigenvalue weighted by Gasteiger charge is -2.60. The van der Waals surface area contributed by atoms with E-state index in [2.05, 4.69) is 55.4 Å². The maximum absolute atomic E-state index is 14.0. The molecule has 2 fully saturated rings. The highest BCUT2D eigenvalue weighted by molar-refractivity contribution is 6.11. The van der Waals surface area contributed by atoms with E-state index in [1.54, 1.807) is 0 Å². The van der Waals surface area contributed by atoms with Crippen LogP contribution in [0.2, 0.25) is 0 Å². The average molecular weight is 457 g/mol. The first-order chi connectivity index (χ1) is 15.2. The Morgan fingerprint density at radius 2 is 1.58 bits per heavy atom. The van der Waals surface area contributed by atoms with Gasteiger partial charge in [-0.25, -0.2) is 0 Å². The molecule has 0 aromatic rings. The van der Waals surface area contributed by atoms with Crippen molar-refractivity contribution in [2.75, 3.05) is 0 Å². The van der Waals surface area contributed by atoms with E-state index in [9.17, 15) is 14.7 Å². The molecule has 186 valence electrons. The summed E-state index contributed by atoms with van der Waals surface area (Å²) < 4.78 is 0. The first-order valence-electron chi connectivity index (χ1n) is 13.7. The number of hydrogen-bond acceptors (Lipinski definition) is 3. The van der Waals surface area contributed by atoms with Gasteiger partial charge in [0.15, 0.2) is 11.6 Å². The third kappa shape index (κ3) is 3.46. The minimum absolute atomic E-state index is 0.0315. The summed E-state index contributed by atoms with van der Waals surface area (Å²) in [5.41, 5.74) is 0.780. The van der Waals surface area contributed by atoms with E-state index >= 15 is 0 Å². The SMILES string of the molecule is CC(C)CCC[C@@H](C)[C@H]1CC[C@@]2(C)C3=C(C(=O)C[C@]12C)[C@@]1(C)CCC(O)C(C)(C)[C@@H]1CC3=O. The van der Waals surface area contributed by atoms with Gasteiger partial charge in [-0.15, -0.1) is 0 Å². The number of allylic oxidation sites excluding steroid dienone is 2. The smallest absolute Gasteiger partial charge is 0.160 e. The molecule has 0 heterocycles. The Kier molecular flexibility index (Phi) is 6.12. The number of carbonyl (C=O) groups is 2. The fraction of sp³-hybridized carbons (Fsp3) is 0.867. The molecular formula is C30H48O3. The maximum atomic E-state index is 14.0. The molecule has 7 atom stereocenters. The number of aliphatic hydroxyl groups excluding tert-OH is 1. The predicted molar refractivity (Wildman–Crippen MR) is 134 cm³/mol. The van der Waals surface area contributed by atoms with Gasteiger partial charge in [0, 0.05) is 34.8 Å². The topological polar surface area (TPSA) is 54.4 Å². The Morgan fingerprint density at radius 1 is 0.909 bits per heavy atom. The van der Waals surface area contributed by atoms with Crippen LogP contribution in [0.5, 0.6) is 0 Å². The van der Waals surface area contributed by atoms with Crippen molar-refractivity contribution in [1.82, 2.24) is 0 Å². The first-order valence-corrected chi connectivity index (χ1v) is 13.7. The number of rotatable bonds is 5. The molecule has 2 saturated carbocycles. The number of Topliss-reactive ketones (excluding diaryl/α,β-unsaturated/α-hetero) is 2. The van der Waals surface area contributed by atoms with E-state index < -0.39 is 6.10 Å². The van der Waals surface area contributed by atoms with E-state index in [1.165, 1.54) is 19.3 Å². The van der Waals surface area contributed by atoms with Crippen LogP contribution in [0.3, 0.4) is 0 Å².